The van der Waals surface area contributed by atoms with Gasteiger partial charge in [-0.1, -0.05) is 18.2 Å². The summed E-state index contributed by atoms with van der Waals surface area (Å²) < 4.78 is 5.30. The number of aromatic nitrogens is 3. The SMILES string of the molecule is CCOc1ccc(-c2ccc(C(=O)N[C@@H](C)Cc3ncccc3C)cc2)nn1. The molecular weight excluding hydrogens is 352 g/mol. The number of ether oxygens (including phenoxy) is 1. The normalized spacial score (nSPS) is 11.7. The molecule has 1 N–H and O–H groups in total. The van der Waals surface area contributed by atoms with Crippen LogP contribution >= 0.6 is 0 Å². The van der Waals surface area contributed by atoms with Gasteiger partial charge in [0.2, 0.25) is 5.88 Å². The number of hydrogen-bond donors (Lipinski definition) is 1. The van der Waals surface area contributed by atoms with Crippen LogP contribution in [0.5, 0.6) is 5.88 Å². The van der Waals surface area contributed by atoms with E-state index in [0.29, 0.717) is 24.5 Å². The van der Waals surface area contributed by atoms with Crippen LogP contribution in [0.2, 0.25) is 0 Å². The highest BCUT2D eigenvalue weighted by Crippen LogP contribution is 2.18. The van der Waals surface area contributed by atoms with Crippen molar-refractivity contribution in [1.82, 2.24) is 20.5 Å². The third kappa shape index (κ3) is 4.91. The Morgan fingerprint density at radius 2 is 1.89 bits per heavy atom. The predicted octanol–water partition coefficient (Wildman–Crippen LogP) is 3.61. The van der Waals surface area contributed by atoms with Crippen molar-refractivity contribution in [2.45, 2.75) is 33.2 Å². The summed E-state index contributed by atoms with van der Waals surface area (Å²) in [6, 6.07) is 14.9. The van der Waals surface area contributed by atoms with E-state index in [9.17, 15) is 4.79 Å². The van der Waals surface area contributed by atoms with Crippen molar-refractivity contribution in [3.8, 4) is 17.1 Å². The standard InChI is InChI=1S/C22H24N4O2/c1-4-28-21-12-11-19(25-26-21)17-7-9-18(10-8-17)22(27)24-16(3)14-20-15(2)6-5-13-23-20/h5-13,16H,4,14H2,1-3H3,(H,24,27)/t16-/m0/s1. The maximum atomic E-state index is 12.5. The Morgan fingerprint density at radius 3 is 2.54 bits per heavy atom. The second kappa shape index (κ2) is 9.08. The van der Waals surface area contributed by atoms with Crippen LogP contribution in [0.3, 0.4) is 0 Å². The fourth-order valence-corrected chi connectivity index (χ4v) is 2.87. The topological polar surface area (TPSA) is 77.0 Å². The Kier molecular flexibility index (Phi) is 6.32. The molecule has 144 valence electrons. The zero-order chi connectivity index (χ0) is 19.9. The minimum absolute atomic E-state index is 0.0160. The molecular formula is C22H24N4O2. The molecule has 3 rings (SSSR count). The zero-order valence-corrected chi connectivity index (χ0v) is 16.3. The van der Waals surface area contributed by atoms with Gasteiger partial charge >= 0.3 is 0 Å². The number of aryl methyl sites for hydroxylation is 1. The van der Waals surface area contributed by atoms with Crippen LogP contribution in [0.4, 0.5) is 0 Å². The van der Waals surface area contributed by atoms with Gasteiger partial charge in [0.05, 0.1) is 12.3 Å². The van der Waals surface area contributed by atoms with Crippen molar-refractivity contribution >= 4 is 5.91 Å². The summed E-state index contributed by atoms with van der Waals surface area (Å²) in [5, 5.41) is 11.2. The van der Waals surface area contributed by atoms with E-state index in [1.165, 1.54) is 0 Å². The largest absolute Gasteiger partial charge is 0.477 e. The molecule has 1 atom stereocenters. The highest BCUT2D eigenvalue weighted by Gasteiger charge is 2.12. The highest BCUT2D eigenvalue weighted by atomic mass is 16.5. The molecule has 6 nitrogen and oxygen atoms in total. The molecule has 2 aromatic heterocycles. The Bertz CT molecular complexity index is 924. The van der Waals surface area contributed by atoms with Crippen molar-refractivity contribution in [3.05, 3.63) is 71.5 Å². The van der Waals surface area contributed by atoms with E-state index < -0.39 is 0 Å². The minimum Gasteiger partial charge on any atom is -0.477 e. The van der Waals surface area contributed by atoms with Gasteiger partial charge in [-0.2, -0.15) is 0 Å². The highest BCUT2D eigenvalue weighted by molar-refractivity contribution is 5.94. The van der Waals surface area contributed by atoms with E-state index in [0.717, 1.165) is 22.5 Å². The molecule has 0 spiro atoms. The monoisotopic (exact) mass is 376 g/mol. The molecule has 6 heteroatoms. The number of pyridine rings is 1. The summed E-state index contributed by atoms with van der Waals surface area (Å²) in [5.41, 5.74) is 4.36. The minimum atomic E-state index is -0.106. The molecule has 1 amide bonds. The summed E-state index contributed by atoms with van der Waals surface area (Å²) >= 11 is 0. The second-order valence-corrected chi connectivity index (χ2v) is 6.61. The number of hydrogen-bond acceptors (Lipinski definition) is 5. The van der Waals surface area contributed by atoms with Gasteiger partial charge in [-0.25, -0.2) is 0 Å². The van der Waals surface area contributed by atoms with Crippen LogP contribution in [-0.2, 0) is 6.42 Å². The van der Waals surface area contributed by atoms with Gasteiger partial charge in [-0.05, 0) is 50.6 Å². The van der Waals surface area contributed by atoms with E-state index >= 15 is 0 Å². The molecule has 28 heavy (non-hydrogen) atoms. The third-order valence-electron chi connectivity index (χ3n) is 4.37. The summed E-state index contributed by atoms with van der Waals surface area (Å²) in [4.78, 5) is 16.9. The second-order valence-electron chi connectivity index (χ2n) is 6.61. The third-order valence-corrected chi connectivity index (χ3v) is 4.37. The summed E-state index contributed by atoms with van der Waals surface area (Å²) in [7, 11) is 0. The van der Waals surface area contributed by atoms with Crippen LogP contribution in [0.15, 0.2) is 54.7 Å². The first-order valence-electron chi connectivity index (χ1n) is 9.35. The average Bonchev–Trinajstić information content (AvgIpc) is 2.71. The van der Waals surface area contributed by atoms with Gasteiger partial charge in [0.25, 0.3) is 5.91 Å². The molecule has 0 unspecified atom stereocenters. The lowest BCUT2D eigenvalue weighted by Crippen LogP contribution is -2.34. The van der Waals surface area contributed by atoms with Crippen molar-refractivity contribution in [3.63, 3.8) is 0 Å². The van der Waals surface area contributed by atoms with Gasteiger partial charge < -0.3 is 10.1 Å². The molecule has 3 aromatic rings. The van der Waals surface area contributed by atoms with Crippen LogP contribution in [0.1, 0.15) is 35.5 Å². The Labute approximate surface area is 165 Å². The van der Waals surface area contributed by atoms with E-state index in [1.807, 2.05) is 51.1 Å². The van der Waals surface area contributed by atoms with Gasteiger partial charge in [-0.15, -0.1) is 10.2 Å². The Hall–Kier alpha value is -3.28. The van der Waals surface area contributed by atoms with Gasteiger partial charge in [0, 0.05) is 41.5 Å². The van der Waals surface area contributed by atoms with E-state index in [1.54, 1.807) is 24.4 Å². The first kappa shape index (κ1) is 19.5. The Balaban J connectivity index is 1.62. The van der Waals surface area contributed by atoms with Gasteiger partial charge in [-0.3, -0.25) is 9.78 Å². The van der Waals surface area contributed by atoms with Crippen molar-refractivity contribution in [1.29, 1.82) is 0 Å². The number of rotatable bonds is 7. The smallest absolute Gasteiger partial charge is 0.251 e. The average molecular weight is 376 g/mol. The lowest BCUT2D eigenvalue weighted by atomic mass is 10.1. The molecule has 0 aliphatic heterocycles. The van der Waals surface area contributed by atoms with Gasteiger partial charge in [0.15, 0.2) is 0 Å². The molecule has 0 saturated heterocycles. The van der Waals surface area contributed by atoms with Crippen LogP contribution in [0, 0.1) is 6.92 Å². The number of carbonyl (C=O) groups is 1. The molecule has 0 radical (unpaired) electrons. The molecule has 1 aromatic carbocycles. The van der Waals surface area contributed by atoms with Gasteiger partial charge in [0.1, 0.15) is 0 Å². The molecule has 0 bridgehead atoms. The lowest BCUT2D eigenvalue weighted by molar-refractivity contribution is 0.0940. The van der Waals surface area contributed by atoms with Crippen molar-refractivity contribution < 1.29 is 9.53 Å². The van der Waals surface area contributed by atoms with Crippen molar-refractivity contribution in [2.75, 3.05) is 6.61 Å². The van der Waals surface area contributed by atoms with Crippen LogP contribution in [0.25, 0.3) is 11.3 Å². The first-order valence-corrected chi connectivity index (χ1v) is 9.35. The molecule has 0 aliphatic rings. The number of nitrogens with one attached hydrogen (secondary N) is 1. The van der Waals surface area contributed by atoms with E-state index in [2.05, 4.69) is 20.5 Å². The number of carbonyl (C=O) groups excluding carboxylic acids is 1. The fraction of sp³-hybridized carbons (Fsp3) is 0.273. The maximum absolute atomic E-state index is 12.5. The lowest BCUT2D eigenvalue weighted by Gasteiger charge is -2.15. The summed E-state index contributed by atoms with van der Waals surface area (Å²) in [5.74, 6) is 0.393. The molecule has 0 fully saturated rings. The molecule has 2 heterocycles. The van der Waals surface area contributed by atoms with Crippen molar-refractivity contribution in [2.24, 2.45) is 0 Å². The molecule has 0 saturated carbocycles. The first-order chi connectivity index (χ1) is 13.6. The zero-order valence-electron chi connectivity index (χ0n) is 16.3. The quantitative estimate of drug-likeness (QED) is 0.682. The van der Waals surface area contributed by atoms with E-state index in [-0.39, 0.29) is 11.9 Å². The number of benzene rings is 1. The Morgan fingerprint density at radius 1 is 1.11 bits per heavy atom. The fourth-order valence-electron chi connectivity index (χ4n) is 2.87. The van der Waals surface area contributed by atoms with E-state index in [4.69, 9.17) is 4.74 Å². The predicted molar refractivity (Wildman–Crippen MR) is 108 cm³/mol. The van der Waals surface area contributed by atoms with Crippen LogP contribution in [-0.4, -0.2) is 33.7 Å². The van der Waals surface area contributed by atoms with Crippen LogP contribution < -0.4 is 10.1 Å². The number of amides is 1. The summed E-state index contributed by atoms with van der Waals surface area (Å²) in [6.45, 7) is 6.46. The maximum Gasteiger partial charge on any atom is 0.251 e. The summed E-state index contributed by atoms with van der Waals surface area (Å²) in [6.07, 6.45) is 2.47. The number of nitrogens with zero attached hydrogens (tertiary/aromatic N) is 3. The molecule has 0 aliphatic carbocycles.